The Morgan fingerprint density at radius 1 is 1.67 bits per heavy atom. The first-order valence-electron chi connectivity index (χ1n) is 4.33. The van der Waals surface area contributed by atoms with E-state index in [-0.39, 0.29) is 5.91 Å². The van der Waals surface area contributed by atoms with Gasteiger partial charge in [0, 0.05) is 13.6 Å². The first-order chi connectivity index (χ1) is 5.66. The van der Waals surface area contributed by atoms with Crippen LogP contribution in [-0.4, -0.2) is 24.4 Å². The molecular formula is C9H14N2O. The highest BCUT2D eigenvalue weighted by atomic mass is 16.2. The summed E-state index contributed by atoms with van der Waals surface area (Å²) in [5, 5.41) is 8.75. The summed E-state index contributed by atoms with van der Waals surface area (Å²) < 4.78 is 0. The Bertz CT molecular complexity index is 225. The van der Waals surface area contributed by atoms with Gasteiger partial charge in [-0.05, 0) is 19.3 Å². The van der Waals surface area contributed by atoms with Crippen molar-refractivity contribution in [2.45, 2.75) is 26.2 Å². The van der Waals surface area contributed by atoms with Gasteiger partial charge >= 0.3 is 0 Å². The minimum absolute atomic E-state index is 0.00634. The number of nitriles is 1. The average Bonchev–Trinajstić information content (AvgIpc) is 2.84. The van der Waals surface area contributed by atoms with Gasteiger partial charge in [0.2, 0.25) is 5.91 Å². The molecule has 0 aromatic rings. The van der Waals surface area contributed by atoms with E-state index in [9.17, 15) is 4.79 Å². The summed E-state index contributed by atoms with van der Waals surface area (Å²) in [6.07, 6.45) is 2.44. The molecule has 1 fully saturated rings. The van der Waals surface area contributed by atoms with E-state index in [2.05, 4.69) is 6.07 Å². The van der Waals surface area contributed by atoms with Crippen LogP contribution in [0.1, 0.15) is 26.2 Å². The summed E-state index contributed by atoms with van der Waals surface area (Å²) in [5.41, 5.74) is -0.635. The van der Waals surface area contributed by atoms with Crippen molar-refractivity contribution in [3.8, 4) is 6.07 Å². The molecule has 0 saturated heterocycles. The molecule has 66 valence electrons. The molecule has 1 amide bonds. The van der Waals surface area contributed by atoms with Crippen LogP contribution in [0.2, 0.25) is 0 Å². The Labute approximate surface area is 73.0 Å². The van der Waals surface area contributed by atoms with Crippen molar-refractivity contribution in [1.29, 1.82) is 5.26 Å². The van der Waals surface area contributed by atoms with Crippen LogP contribution in [0.3, 0.4) is 0 Å². The minimum atomic E-state index is -0.635. The van der Waals surface area contributed by atoms with E-state index < -0.39 is 5.41 Å². The van der Waals surface area contributed by atoms with Gasteiger partial charge in [0.25, 0.3) is 0 Å². The van der Waals surface area contributed by atoms with E-state index >= 15 is 0 Å². The number of nitrogens with zero attached hydrogens (tertiary/aromatic N) is 2. The Morgan fingerprint density at radius 3 is 2.58 bits per heavy atom. The molecule has 1 aliphatic rings. The lowest BCUT2D eigenvalue weighted by molar-refractivity contribution is -0.133. The molecule has 0 N–H and O–H groups in total. The molecule has 0 heterocycles. The van der Waals surface area contributed by atoms with Gasteiger partial charge in [0.05, 0.1) is 6.07 Å². The second-order valence-electron chi connectivity index (χ2n) is 3.42. The Morgan fingerprint density at radius 2 is 2.25 bits per heavy atom. The van der Waals surface area contributed by atoms with Gasteiger partial charge in [-0.1, -0.05) is 6.92 Å². The number of carbonyl (C=O) groups is 1. The fraction of sp³-hybridized carbons (Fsp3) is 0.778. The summed E-state index contributed by atoms with van der Waals surface area (Å²) in [6, 6.07) is 2.10. The molecule has 0 aliphatic heterocycles. The van der Waals surface area contributed by atoms with Crippen molar-refractivity contribution in [3.05, 3.63) is 0 Å². The Balaban J connectivity index is 2.54. The van der Waals surface area contributed by atoms with Crippen LogP contribution in [0.25, 0.3) is 0 Å². The van der Waals surface area contributed by atoms with Gasteiger partial charge in [-0.25, -0.2) is 0 Å². The maximum atomic E-state index is 11.6. The highest BCUT2D eigenvalue weighted by molar-refractivity contribution is 5.88. The standard InChI is InChI=1S/C9H14N2O/c1-3-6-11(2)8(12)9(7-10)4-5-9/h3-6H2,1-2H3. The van der Waals surface area contributed by atoms with Gasteiger partial charge in [0.1, 0.15) is 5.41 Å². The smallest absolute Gasteiger partial charge is 0.242 e. The first-order valence-corrected chi connectivity index (χ1v) is 4.33. The summed E-state index contributed by atoms with van der Waals surface area (Å²) >= 11 is 0. The van der Waals surface area contributed by atoms with E-state index in [1.807, 2.05) is 6.92 Å². The van der Waals surface area contributed by atoms with E-state index in [0.717, 1.165) is 25.8 Å². The minimum Gasteiger partial charge on any atom is -0.344 e. The van der Waals surface area contributed by atoms with Crippen molar-refractivity contribution in [1.82, 2.24) is 4.90 Å². The average molecular weight is 166 g/mol. The molecule has 3 nitrogen and oxygen atoms in total. The maximum absolute atomic E-state index is 11.6. The van der Waals surface area contributed by atoms with E-state index in [4.69, 9.17) is 5.26 Å². The Hall–Kier alpha value is -1.04. The summed E-state index contributed by atoms with van der Waals surface area (Å²) in [7, 11) is 1.77. The highest BCUT2D eigenvalue weighted by Gasteiger charge is 2.51. The third-order valence-electron chi connectivity index (χ3n) is 2.28. The maximum Gasteiger partial charge on any atom is 0.242 e. The zero-order valence-corrected chi connectivity index (χ0v) is 7.63. The summed E-state index contributed by atoms with van der Waals surface area (Å²) in [4.78, 5) is 13.2. The zero-order chi connectivity index (χ0) is 9.19. The lowest BCUT2D eigenvalue weighted by Gasteiger charge is -2.18. The van der Waals surface area contributed by atoms with Crippen LogP contribution < -0.4 is 0 Å². The van der Waals surface area contributed by atoms with Gasteiger partial charge in [-0.3, -0.25) is 4.79 Å². The molecule has 0 bridgehead atoms. The predicted molar refractivity (Wildman–Crippen MR) is 45.2 cm³/mol. The molecule has 3 heteroatoms. The molecule has 1 aliphatic carbocycles. The second kappa shape index (κ2) is 3.14. The third-order valence-corrected chi connectivity index (χ3v) is 2.28. The van der Waals surface area contributed by atoms with Crippen molar-refractivity contribution in [2.24, 2.45) is 5.41 Å². The number of carbonyl (C=O) groups excluding carboxylic acids is 1. The van der Waals surface area contributed by atoms with Crippen molar-refractivity contribution >= 4 is 5.91 Å². The molecule has 0 atom stereocenters. The fourth-order valence-corrected chi connectivity index (χ4v) is 1.30. The van der Waals surface area contributed by atoms with Crippen LogP contribution in [0.4, 0.5) is 0 Å². The molecule has 12 heavy (non-hydrogen) atoms. The molecule has 0 radical (unpaired) electrons. The van der Waals surface area contributed by atoms with E-state index in [1.165, 1.54) is 0 Å². The van der Waals surface area contributed by atoms with Crippen LogP contribution in [0.5, 0.6) is 0 Å². The third kappa shape index (κ3) is 1.42. The molecule has 1 rings (SSSR count). The Kier molecular flexibility index (Phi) is 2.37. The predicted octanol–water partition coefficient (Wildman–Crippen LogP) is 1.16. The van der Waals surface area contributed by atoms with E-state index in [0.29, 0.717) is 0 Å². The topological polar surface area (TPSA) is 44.1 Å². The van der Waals surface area contributed by atoms with Crippen LogP contribution in [-0.2, 0) is 4.79 Å². The quantitative estimate of drug-likeness (QED) is 0.631. The summed E-state index contributed by atoms with van der Waals surface area (Å²) in [5.74, 6) is 0.00634. The lowest BCUT2D eigenvalue weighted by atomic mass is 10.1. The van der Waals surface area contributed by atoms with Crippen molar-refractivity contribution in [2.75, 3.05) is 13.6 Å². The van der Waals surface area contributed by atoms with Crippen molar-refractivity contribution < 1.29 is 4.79 Å². The monoisotopic (exact) mass is 166 g/mol. The fourth-order valence-electron chi connectivity index (χ4n) is 1.30. The van der Waals surface area contributed by atoms with Gasteiger partial charge in [-0.15, -0.1) is 0 Å². The van der Waals surface area contributed by atoms with Crippen LogP contribution >= 0.6 is 0 Å². The van der Waals surface area contributed by atoms with Crippen LogP contribution in [0, 0.1) is 16.7 Å². The largest absolute Gasteiger partial charge is 0.344 e. The SMILES string of the molecule is CCCN(C)C(=O)C1(C#N)CC1. The molecule has 0 aromatic heterocycles. The van der Waals surface area contributed by atoms with Gasteiger partial charge < -0.3 is 4.90 Å². The van der Waals surface area contributed by atoms with Crippen LogP contribution in [0.15, 0.2) is 0 Å². The lowest BCUT2D eigenvalue weighted by Crippen LogP contribution is -2.33. The molecule has 0 unspecified atom stereocenters. The zero-order valence-electron chi connectivity index (χ0n) is 7.63. The second-order valence-corrected chi connectivity index (χ2v) is 3.42. The molecular weight excluding hydrogens is 152 g/mol. The van der Waals surface area contributed by atoms with Gasteiger partial charge in [0.15, 0.2) is 0 Å². The molecule has 1 saturated carbocycles. The van der Waals surface area contributed by atoms with Gasteiger partial charge in [-0.2, -0.15) is 5.26 Å². The highest BCUT2D eigenvalue weighted by Crippen LogP contribution is 2.46. The molecule has 0 aromatic carbocycles. The summed E-state index contributed by atoms with van der Waals surface area (Å²) in [6.45, 7) is 2.78. The molecule has 0 spiro atoms. The number of amides is 1. The van der Waals surface area contributed by atoms with Crippen molar-refractivity contribution in [3.63, 3.8) is 0 Å². The van der Waals surface area contributed by atoms with E-state index in [1.54, 1.807) is 11.9 Å². The normalized spacial score (nSPS) is 18.1. The number of hydrogen-bond donors (Lipinski definition) is 0. The first kappa shape index (κ1) is 9.05. The number of rotatable bonds is 3. The number of hydrogen-bond acceptors (Lipinski definition) is 2.